The van der Waals surface area contributed by atoms with Crippen molar-refractivity contribution in [3.8, 4) is 0 Å². The van der Waals surface area contributed by atoms with E-state index in [0.29, 0.717) is 11.1 Å². The van der Waals surface area contributed by atoms with E-state index in [1.54, 1.807) is 13.8 Å². The third kappa shape index (κ3) is 5.46. The van der Waals surface area contributed by atoms with Crippen molar-refractivity contribution in [1.29, 1.82) is 0 Å². The van der Waals surface area contributed by atoms with Crippen LogP contribution in [0, 0.1) is 0 Å². The Hall–Kier alpha value is -0.700. The average molecular weight is 719 g/mol. The molecule has 0 fully saturated rings. The van der Waals surface area contributed by atoms with Gasteiger partial charge in [-0.1, -0.05) is 48.6 Å². The van der Waals surface area contributed by atoms with Crippen molar-refractivity contribution >= 4 is 67.8 Å². The summed E-state index contributed by atoms with van der Waals surface area (Å²) in [7, 11) is 0. The number of halogens is 3. The van der Waals surface area contributed by atoms with E-state index in [2.05, 4.69) is 80.9 Å². The summed E-state index contributed by atoms with van der Waals surface area (Å²) in [6, 6.07) is 7.66. The Morgan fingerprint density at radius 1 is 0.857 bits per heavy atom. The molecule has 0 amide bonds. The van der Waals surface area contributed by atoms with Crippen molar-refractivity contribution in [3.63, 3.8) is 0 Å². The van der Waals surface area contributed by atoms with E-state index in [0.717, 1.165) is 24.8 Å². The minimum atomic E-state index is -0.642. The first kappa shape index (κ1) is 23.6. The second-order valence-corrected chi connectivity index (χ2v) is 17.7. The van der Waals surface area contributed by atoms with Crippen molar-refractivity contribution in [2.45, 2.75) is 32.9 Å². The summed E-state index contributed by atoms with van der Waals surface area (Å²) in [4.78, 5) is 38.7. The molecule has 0 saturated carbocycles. The highest BCUT2D eigenvalue weighted by molar-refractivity contribution is 14.3. The van der Waals surface area contributed by atoms with E-state index >= 15 is 0 Å². The quantitative estimate of drug-likeness (QED) is 0.249. The topological polar surface area (TPSA) is 66.0 Å². The summed E-state index contributed by atoms with van der Waals surface area (Å²) >= 11 is 6.91. The maximum Gasteiger partial charge on any atom is 0.336 e. The molecule has 0 spiro atoms. The molecule has 1 aromatic heterocycles. The van der Waals surface area contributed by atoms with Gasteiger partial charge in [0.2, 0.25) is 0 Å². The van der Waals surface area contributed by atoms with Crippen LogP contribution in [-0.2, 0) is 19.1 Å². The van der Waals surface area contributed by atoms with E-state index in [4.69, 9.17) is 0 Å². The molecule has 0 bridgehead atoms. The first-order chi connectivity index (χ1) is 12.9. The van der Waals surface area contributed by atoms with Crippen LogP contribution in [0.1, 0.15) is 25.0 Å². The van der Waals surface area contributed by atoms with Crippen molar-refractivity contribution in [2.75, 3.05) is 0 Å². The van der Waals surface area contributed by atoms with Gasteiger partial charge in [0.05, 0.1) is 19.6 Å². The number of aromatic nitrogens is 3. The lowest BCUT2D eigenvalue weighted by Gasteiger charge is -2.19. The predicted octanol–water partition coefficient (Wildman–Crippen LogP) is 3.79. The number of allylic oxidation sites excluding steroid dienone is 2. The monoisotopic (exact) mass is 719 g/mol. The van der Waals surface area contributed by atoms with Crippen LogP contribution in [0.25, 0.3) is 0 Å². The lowest BCUT2D eigenvalue weighted by Crippen LogP contribution is -2.54. The molecule has 0 aliphatic carbocycles. The molecule has 9 heteroatoms. The highest BCUT2D eigenvalue weighted by Crippen LogP contribution is 2.47. The Morgan fingerprint density at radius 3 is 1.71 bits per heavy atom. The first-order valence-electron chi connectivity index (χ1n) is 8.31. The van der Waals surface area contributed by atoms with Crippen LogP contribution in [-0.4, -0.2) is 13.7 Å². The standard InChI is InChI=1S/C19H20I3N3O3/c1-12(2)9-23-16(26)24(10-13(3)4)18(28)25(17(23)27)11-14-7-5-6-8-15(14)19(20,21)22/h5-8H,1,3,9-11H2,2,4H3. The van der Waals surface area contributed by atoms with Crippen LogP contribution < -0.4 is 17.1 Å². The van der Waals surface area contributed by atoms with E-state index in [-0.39, 0.29) is 19.1 Å². The van der Waals surface area contributed by atoms with E-state index in [1.165, 1.54) is 0 Å². The van der Waals surface area contributed by atoms with Crippen LogP contribution in [0.15, 0.2) is 63.0 Å². The summed E-state index contributed by atoms with van der Waals surface area (Å²) < 4.78 is 2.99. The second-order valence-electron chi connectivity index (χ2n) is 6.68. The molecule has 0 atom stereocenters. The molecule has 28 heavy (non-hydrogen) atoms. The van der Waals surface area contributed by atoms with Gasteiger partial charge in [-0.2, -0.15) is 0 Å². The molecule has 2 rings (SSSR count). The van der Waals surface area contributed by atoms with Gasteiger partial charge in [-0.05, 0) is 92.7 Å². The van der Waals surface area contributed by atoms with Gasteiger partial charge >= 0.3 is 17.1 Å². The lowest BCUT2D eigenvalue weighted by molar-refractivity contribution is 0.488. The Kier molecular flexibility index (Phi) is 7.92. The van der Waals surface area contributed by atoms with Crippen molar-refractivity contribution in [2.24, 2.45) is 0 Å². The molecule has 0 aliphatic rings. The van der Waals surface area contributed by atoms with E-state index < -0.39 is 17.1 Å². The number of hydrogen-bond donors (Lipinski definition) is 0. The highest BCUT2D eigenvalue weighted by Gasteiger charge is 2.25. The zero-order valence-corrected chi connectivity index (χ0v) is 22.0. The Balaban J connectivity index is 2.77. The smallest absolute Gasteiger partial charge is 0.247 e. The molecule has 0 aliphatic heterocycles. The number of hydrogen-bond acceptors (Lipinski definition) is 3. The fourth-order valence-corrected chi connectivity index (χ4v) is 4.31. The van der Waals surface area contributed by atoms with Gasteiger partial charge < -0.3 is 0 Å². The van der Waals surface area contributed by atoms with Gasteiger partial charge in [-0.15, -0.1) is 0 Å². The molecule has 6 nitrogen and oxygen atoms in total. The fraction of sp³-hybridized carbons (Fsp3) is 0.316. The number of alkyl halides is 3. The molecule has 2 aromatic rings. The molecule has 0 radical (unpaired) electrons. The zero-order chi connectivity index (χ0) is 21.2. The summed E-state index contributed by atoms with van der Waals surface area (Å²) in [5, 5.41) is 0. The summed E-state index contributed by atoms with van der Waals surface area (Å²) in [6.07, 6.45) is 0. The molecule has 0 unspecified atom stereocenters. The van der Waals surface area contributed by atoms with Crippen LogP contribution >= 0.6 is 67.8 Å². The fourth-order valence-electron chi connectivity index (χ4n) is 2.73. The van der Waals surface area contributed by atoms with Crippen LogP contribution in [0.2, 0.25) is 0 Å². The molecule has 1 aromatic carbocycles. The van der Waals surface area contributed by atoms with E-state index in [1.807, 2.05) is 24.3 Å². The number of benzene rings is 1. The molecule has 0 N–H and O–H groups in total. The summed E-state index contributed by atoms with van der Waals surface area (Å²) in [6.45, 7) is 11.2. The van der Waals surface area contributed by atoms with Gasteiger partial charge in [0, 0.05) is 0 Å². The number of nitrogens with zero attached hydrogens (tertiary/aromatic N) is 3. The third-order valence-electron chi connectivity index (χ3n) is 3.89. The molecule has 0 saturated heterocycles. The van der Waals surface area contributed by atoms with Gasteiger partial charge in [0.25, 0.3) is 0 Å². The van der Waals surface area contributed by atoms with Gasteiger partial charge in [0.15, 0.2) is 0 Å². The first-order valence-corrected chi connectivity index (χ1v) is 11.6. The van der Waals surface area contributed by atoms with E-state index in [9.17, 15) is 14.4 Å². The third-order valence-corrected chi connectivity index (χ3v) is 5.64. The van der Waals surface area contributed by atoms with Crippen molar-refractivity contribution in [1.82, 2.24) is 13.7 Å². The molecular formula is C19H20I3N3O3. The van der Waals surface area contributed by atoms with Crippen molar-refractivity contribution < 1.29 is 0 Å². The highest BCUT2D eigenvalue weighted by atomic mass is 127. The maximum atomic E-state index is 13.0. The lowest BCUT2D eigenvalue weighted by atomic mass is 10.1. The van der Waals surface area contributed by atoms with Gasteiger partial charge in [-0.25, -0.2) is 28.1 Å². The average Bonchev–Trinajstić information content (AvgIpc) is 2.58. The number of rotatable bonds is 7. The normalized spacial score (nSPS) is 11.5. The maximum absolute atomic E-state index is 13.0. The molecule has 150 valence electrons. The Morgan fingerprint density at radius 2 is 1.29 bits per heavy atom. The van der Waals surface area contributed by atoms with Crippen LogP contribution in [0.5, 0.6) is 0 Å². The van der Waals surface area contributed by atoms with Crippen LogP contribution in [0.4, 0.5) is 0 Å². The van der Waals surface area contributed by atoms with Gasteiger partial charge in [0.1, 0.15) is -0.565 Å². The molecular weight excluding hydrogens is 699 g/mol. The molecule has 1 heterocycles. The minimum absolute atomic E-state index is 0.0601. The minimum Gasteiger partial charge on any atom is -0.247 e. The Labute approximate surface area is 203 Å². The SMILES string of the molecule is C=C(C)Cn1c(=O)n(CC(=C)C)c(=O)n(Cc2ccccc2C(I)(I)I)c1=O. The summed E-state index contributed by atoms with van der Waals surface area (Å²) in [5.74, 6) is 0. The second kappa shape index (κ2) is 9.41. The summed E-state index contributed by atoms with van der Waals surface area (Å²) in [5.41, 5.74) is 1.25. The zero-order valence-electron chi connectivity index (χ0n) is 15.5. The Bertz CT molecular complexity index is 1050. The predicted molar refractivity (Wildman–Crippen MR) is 138 cm³/mol. The van der Waals surface area contributed by atoms with Gasteiger partial charge in [-0.3, -0.25) is 0 Å². The largest absolute Gasteiger partial charge is 0.336 e. The van der Waals surface area contributed by atoms with Crippen molar-refractivity contribution in [3.05, 3.63) is 91.1 Å². The van der Waals surface area contributed by atoms with Crippen LogP contribution in [0.3, 0.4) is 0 Å².